The quantitative estimate of drug-likeness (QED) is 0.898. The van der Waals surface area contributed by atoms with Crippen molar-refractivity contribution in [2.24, 2.45) is 5.92 Å². The molecule has 1 aliphatic heterocycles. The zero-order valence-electron chi connectivity index (χ0n) is 13.1. The molecule has 1 aromatic heterocycles. The second-order valence-corrected chi connectivity index (χ2v) is 7.27. The van der Waals surface area contributed by atoms with Crippen molar-refractivity contribution < 1.29 is 4.79 Å². The highest BCUT2D eigenvalue weighted by Crippen LogP contribution is 2.34. The Kier molecular flexibility index (Phi) is 4.86. The summed E-state index contributed by atoms with van der Waals surface area (Å²) >= 11 is 1.79. The molecule has 2 heterocycles. The van der Waals surface area contributed by atoms with E-state index in [1.54, 1.807) is 11.3 Å². The molecule has 2 atom stereocenters. The van der Waals surface area contributed by atoms with Crippen LogP contribution >= 0.6 is 11.3 Å². The van der Waals surface area contributed by atoms with Crippen molar-refractivity contribution in [2.45, 2.75) is 65.7 Å². The summed E-state index contributed by atoms with van der Waals surface area (Å²) in [5.41, 5.74) is 0. The molecule has 1 fully saturated rings. The normalized spacial score (nSPS) is 23.4. The molecule has 0 saturated carbocycles. The van der Waals surface area contributed by atoms with Crippen LogP contribution in [0.3, 0.4) is 0 Å². The van der Waals surface area contributed by atoms with Gasteiger partial charge in [0, 0.05) is 15.8 Å². The summed E-state index contributed by atoms with van der Waals surface area (Å²) in [5, 5.41) is 3.56. The van der Waals surface area contributed by atoms with Gasteiger partial charge in [-0.1, -0.05) is 27.7 Å². The lowest BCUT2D eigenvalue weighted by Crippen LogP contribution is -2.40. The van der Waals surface area contributed by atoms with E-state index in [0.29, 0.717) is 12.0 Å². The fourth-order valence-corrected chi connectivity index (χ4v) is 3.92. The van der Waals surface area contributed by atoms with Crippen LogP contribution in [0.15, 0.2) is 12.1 Å². The number of nitrogens with zero attached hydrogens (tertiary/aromatic N) is 1. The predicted octanol–water partition coefficient (Wildman–Crippen LogP) is 3.70. The molecule has 1 saturated heterocycles. The number of rotatable bonds is 5. The van der Waals surface area contributed by atoms with Gasteiger partial charge < -0.3 is 4.90 Å². The van der Waals surface area contributed by atoms with Gasteiger partial charge in [-0.2, -0.15) is 0 Å². The highest BCUT2D eigenvalue weighted by Gasteiger charge is 2.43. The second-order valence-electron chi connectivity index (χ2n) is 5.96. The van der Waals surface area contributed by atoms with Gasteiger partial charge in [-0.25, -0.2) is 0 Å². The van der Waals surface area contributed by atoms with Crippen molar-refractivity contribution in [1.82, 2.24) is 10.2 Å². The van der Waals surface area contributed by atoms with Crippen molar-refractivity contribution in [1.29, 1.82) is 0 Å². The number of hydrogen-bond acceptors (Lipinski definition) is 3. The molecular weight excluding hydrogens is 268 g/mol. The first kappa shape index (κ1) is 15.5. The van der Waals surface area contributed by atoms with Crippen LogP contribution in [0.1, 0.15) is 56.5 Å². The third kappa shape index (κ3) is 2.77. The molecule has 2 rings (SSSR count). The number of hydrogen-bond donors (Lipinski definition) is 1. The SMILES string of the molecule is CCC(CC)N1C(=O)C(C(C)C)NC1c1ccc(C)s1. The average molecular weight is 294 g/mol. The van der Waals surface area contributed by atoms with E-state index < -0.39 is 0 Å². The van der Waals surface area contributed by atoms with Gasteiger partial charge in [0.15, 0.2) is 0 Å². The van der Waals surface area contributed by atoms with E-state index in [2.05, 4.69) is 57.0 Å². The Bertz CT molecular complexity index is 465. The maximum atomic E-state index is 12.8. The summed E-state index contributed by atoms with van der Waals surface area (Å²) < 4.78 is 0. The van der Waals surface area contributed by atoms with Crippen LogP contribution in [0.2, 0.25) is 0 Å². The number of carbonyl (C=O) groups excluding carboxylic acids is 1. The molecule has 2 unspecified atom stereocenters. The maximum absolute atomic E-state index is 12.8. The number of thiophene rings is 1. The first-order valence-electron chi connectivity index (χ1n) is 7.64. The third-order valence-corrected chi connectivity index (χ3v) is 5.22. The zero-order chi connectivity index (χ0) is 14.9. The molecule has 1 aliphatic rings. The van der Waals surface area contributed by atoms with Crippen molar-refractivity contribution in [3.8, 4) is 0 Å². The largest absolute Gasteiger partial charge is 0.318 e. The molecule has 0 aromatic carbocycles. The molecule has 1 amide bonds. The van der Waals surface area contributed by atoms with Crippen LogP contribution in [-0.2, 0) is 4.79 Å². The minimum Gasteiger partial charge on any atom is -0.318 e. The Labute approximate surface area is 126 Å². The Hall–Kier alpha value is -0.870. The number of amides is 1. The maximum Gasteiger partial charge on any atom is 0.241 e. The molecule has 0 bridgehead atoms. The van der Waals surface area contributed by atoms with Gasteiger partial charge in [-0.15, -0.1) is 11.3 Å². The third-order valence-electron chi connectivity index (χ3n) is 4.17. The molecule has 4 heteroatoms. The average Bonchev–Trinajstić information content (AvgIpc) is 2.96. The smallest absolute Gasteiger partial charge is 0.241 e. The van der Waals surface area contributed by atoms with Gasteiger partial charge in [0.05, 0.1) is 6.04 Å². The Balaban J connectivity index is 2.34. The van der Waals surface area contributed by atoms with Crippen LogP contribution in [-0.4, -0.2) is 22.9 Å². The van der Waals surface area contributed by atoms with E-state index in [0.717, 1.165) is 12.8 Å². The fraction of sp³-hybridized carbons (Fsp3) is 0.688. The van der Waals surface area contributed by atoms with Gasteiger partial charge in [0.25, 0.3) is 0 Å². The predicted molar refractivity (Wildman–Crippen MR) is 84.8 cm³/mol. The van der Waals surface area contributed by atoms with Crippen LogP contribution < -0.4 is 5.32 Å². The minimum absolute atomic E-state index is 0.0528. The van der Waals surface area contributed by atoms with E-state index in [-0.39, 0.29) is 18.1 Å². The van der Waals surface area contributed by atoms with Crippen LogP contribution in [0, 0.1) is 12.8 Å². The van der Waals surface area contributed by atoms with E-state index >= 15 is 0 Å². The van der Waals surface area contributed by atoms with Crippen LogP contribution in [0.25, 0.3) is 0 Å². The van der Waals surface area contributed by atoms with Crippen molar-refractivity contribution >= 4 is 17.2 Å². The van der Waals surface area contributed by atoms with Crippen molar-refractivity contribution in [3.63, 3.8) is 0 Å². The summed E-state index contributed by atoms with van der Waals surface area (Å²) in [4.78, 5) is 17.4. The minimum atomic E-state index is -0.0528. The molecular formula is C16H26N2OS. The number of aryl methyl sites for hydroxylation is 1. The van der Waals surface area contributed by atoms with Crippen LogP contribution in [0.4, 0.5) is 0 Å². The number of nitrogens with one attached hydrogen (secondary N) is 1. The molecule has 112 valence electrons. The topological polar surface area (TPSA) is 32.3 Å². The summed E-state index contributed by atoms with van der Waals surface area (Å²) in [6.45, 7) is 10.7. The lowest BCUT2D eigenvalue weighted by molar-refractivity contribution is -0.133. The van der Waals surface area contributed by atoms with Gasteiger partial charge in [-0.3, -0.25) is 10.1 Å². The summed E-state index contributed by atoms with van der Waals surface area (Å²) in [6, 6.07) is 4.57. The zero-order valence-corrected chi connectivity index (χ0v) is 14.0. The van der Waals surface area contributed by atoms with Gasteiger partial charge in [-0.05, 0) is 37.8 Å². The summed E-state index contributed by atoms with van der Waals surface area (Å²) in [5.74, 6) is 0.593. The van der Waals surface area contributed by atoms with Gasteiger partial charge in [0.1, 0.15) is 6.17 Å². The van der Waals surface area contributed by atoms with E-state index in [9.17, 15) is 4.79 Å². The lowest BCUT2D eigenvalue weighted by Gasteiger charge is -2.31. The summed E-state index contributed by atoms with van der Waals surface area (Å²) in [7, 11) is 0. The summed E-state index contributed by atoms with van der Waals surface area (Å²) in [6.07, 6.45) is 2.07. The molecule has 0 radical (unpaired) electrons. The van der Waals surface area contributed by atoms with E-state index in [1.165, 1.54) is 9.75 Å². The highest BCUT2D eigenvalue weighted by molar-refractivity contribution is 7.12. The lowest BCUT2D eigenvalue weighted by atomic mass is 10.0. The highest BCUT2D eigenvalue weighted by atomic mass is 32.1. The Morgan fingerprint density at radius 2 is 1.95 bits per heavy atom. The monoisotopic (exact) mass is 294 g/mol. The van der Waals surface area contributed by atoms with Gasteiger partial charge >= 0.3 is 0 Å². The van der Waals surface area contributed by atoms with Crippen molar-refractivity contribution in [3.05, 3.63) is 21.9 Å². The first-order valence-corrected chi connectivity index (χ1v) is 8.45. The Morgan fingerprint density at radius 3 is 2.40 bits per heavy atom. The number of carbonyl (C=O) groups is 1. The van der Waals surface area contributed by atoms with Crippen molar-refractivity contribution in [2.75, 3.05) is 0 Å². The Morgan fingerprint density at radius 1 is 1.30 bits per heavy atom. The molecule has 3 nitrogen and oxygen atoms in total. The first-order chi connectivity index (χ1) is 9.49. The fourth-order valence-electron chi connectivity index (χ4n) is 2.98. The second kappa shape index (κ2) is 6.27. The van der Waals surface area contributed by atoms with Crippen LogP contribution in [0.5, 0.6) is 0 Å². The molecule has 0 aliphatic carbocycles. The molecule has 0 spiro atoms. The van der Waals surface area contributed by atoms with E-state index in [4.69, 9.17) is 0 Å². The molecule has 1 N–H and O–H groups in total. The molecule has 1 aromatic rings. The van der Waals surface area contributed by atoms with E-state index in [1.807, 2.05) is 0 Å². The standard InChI is InChI=1S/C16H26N2OS/c1-6-12(7-2)18-15(13-9-8-11(5)20-13)17-14(10(3)4)16(18)19/h8-10,12,14-15,17H,6-7H2,1-5H3. The van der Waals surface area contributed by atoms with Gasteiger partial charge in [0.2, 0.25) is 5.91 Å². The molecule has 20 heavy (non-hydrogen) atoms.